The van der Waals surface area contributed by atoms with Gasteiger partial charge in [-0.25, -0.2) is 0 Å². The van der Waals surface area contributed by atoms with Crippen molar-refractivity contribution in [3.8, 4) is 11.3 Å². The monoisotopic (exact) mass is 346 g/mol. The number of nitrogens with one attached hydrogen (secondary N) is 2. The summed E-state index contributed by atoms with van der Waals surface area (Å²) in [4.78, 5) is 17.2. The van der Waals surface area contributed by atoms with E-state index in [4.69, 9.17) is 11.6 Å². The number of halogens is 1. The Morgan fingerprint density at radius 1 is 1.39 bits per heavy atom. The van der Waals surface area contributed by atoms with E-state index in [2.05, 4.69) is 20.5 Å². The minimum Gasteiger partial charge on any atom is -0.309 e. The van der Waals surface area contributed by atoms with Gasteiger partial charge < -0.3 is 5.32 Å². The number of carbonyl (C=O) groups excluding carboxylic acids is 1. The van der Waals surface area contributed by atoms with Gasteiger partial charge in [0.2, 0.25) is 5.91 Å². The molecule has 0 aromatic carbocycles. The van der Waals surface area contributed by atoms with E-state index in [1.807, 2.05) is 30.5 Å². The van der Waals surface area contributed by atoms with Gasteiger partial charge in [-0.15, -0.1) is 11.3 Å². The number of amides is 1. The number of thiophene rings is 1. The molecular formula is C16H15ClN4OS. The maximum atomic E-state index is 12.1. The SMILES string of the molecule is Cc1c(NC(=O)CCc2cc(Cl)cs2)n[nH]c1-c1ccncc1. The van der Waals surface area contributed by atoms with E-state index in [-0.39, 0.29) is 5.91 Å². The van der Waals surface area contributed by atoms with Crippen LogP contribution in [-0.4, -0.2) is 21.1 Å². The average molecular weight is 347 g/mol. The molecule has 0 bridgehead atoms. The molecule has 0 atom stereocenters. The van der Waals surface area contributed by atoms with E-state index in [0.29, 0.717) is 18.7 Å². The van der Waals surface area contributed by atoms with Crippen molar-refractivity contribution in [1.82, 2.24) is 15.2 Å². The molecule has 0 aliphatic heterocycles. The fourth-order valence-corrected chi connectivity index (χ4v) is 3.31. The predicted molar refractivity (Wildman–Crippen MR) is 92.8 cm³/mol. The number of hydrogen-bond acceptors (Lipinski definition) is 4. The molecular weight excluding hydrogens is 332 g/mol. The zero-order chi connectivity index (χ0) is 16.2. The van der Waals surface area contributed by atoms with Crippen LogP contribution in [0.3, 0.4) is 0 Å². The van der Waals surface area contributed by atoms with Crippen LogP contribution in [0, 0.1) is 6.92 Å². The molecule has 7 heteroatoms. The van der Waals surface area contributed by atoms with Crippen molar-refractivity contribution in [2.45, 2.75) is 19.8 Å². The number of aryl methyl sites for hydroxylation is 1. The van der Waals surface area contributed by atoms with E-state index < -0.39 is 0 Å². The summed E-state index contributed by atoms with van der Waals surface area (Å²) in [5.41, 5.74) is 2.77. The first-order valence-electron chi connectivity index (χ1n) is 7.11. The van der Waals surface area contributed by atoms with Gasteiger partial charge >= 0.3 is 0 Å². The number of anilines is 1. The van der Waals surface area contributed by atoms with Crippen LogP contribution in [0.2, 0.25) is 5.02 Å². The van der Waals surface area contributed by atoms with Crippen molar-refractivity contribution < 1.29 is 4.79 Å². The van der Waals surface area contributed by atoms with E-state index in [1.165, 1.54) is 0 Å². The van der Waals surface area contributed by atoms with Gasteiger partial charge in [0, 0.05) is 40.2 Å². The second kappa shape index (κ2) is 6.93. The highest BCUT2D eigenvalue weighted by Gasteiger charge is 2.13. The molecule has 3 aromatic rings. The molecule has 0 spiro atoms. The number of pyridine rings is 1. The van der Waals surface area contributed by atoms with E-state index in [9.17, 15) is 4.79 Å². The minimum absolute atomic E-state index is 0.0644. The van der Waals surface area contributed by atoms with Crippen molar-refractivity contribution >= 4 is 34.7 Å². The first-order valence-corrected chi connectivity index (χ1v) is 8.37. The molecule has 1 amide bonds. The predicted octanol–water partition coefficient (Wildman–Crippen LogP) is 4.07. The summed E-state index contributed by atoms with van der Waals surface area (Å²) in [6.45, 7) is 1.92. The Labute approximate surface area is 142 Å². The molecule has 0 aliphatic rings. The largest absolute Gasteiger partial charge is 0.309 e. The lowest BCUT2D eigenvalue weighted by Crippen LogP contribution is -2.13. The van der Waals surface area contributed by atoms with Gasteiger partial charge in [0.05, 0.1) is 10.7 Å². The summed E-state index contributed by atoms with van der Waals surface area (Å²) in [5, 5.41) is 12.6. The number of hydrogen-bond donors (Lipinski definition) is 2. The number of rotatable bonds is 5. The smallest absolute Gasteiger partial charge is 0.225 e. The average Bonchev–Trinajstić information content (AvgIpc) is 3.13. The molecule has 23 heavy (non-hydrogen) atoms. The molecule has 0 saturated heterocycles. The van der Waals surface area contributed by atoms with Crippen molar-refractivity contribution in [2.75, 3.05) is 5.32 Å². The minimum atomic E-state index is -0.0644. The van der Waals surface area contributed by atoms with Gasteiger partial charge in [-0.3, -0.25) is 14.9 Å². The van der Waals surface area contributed by atoms with E-state index in [0.717, 1.165) is 26.7 Å². The lowest BCUT2D eigenvalue weighted by Gasteiger charge is -2.03. The second-order valence-electron chi connectivity index (χ2n) is 5.09. The van der Waals surface area contributed by atoms with Gasteiger partial charge in [0.25, 0.3) is 0 Å². The van der Waals surface area contributed by atoms with Crippen LogP contribution in [-0.2, 0) is 11.2 Å². The van der Waals surface area contributed by atoms with Gasteiger partial charge in [0.1, 0.15) is 0 Å². The van der Waals surface area contributed by atoms with Crippen molar-refractivity contribution in [1.29, 1.82) is 0 Å². The second-order valence-corrected chi connectivity index (χ2v) is 6.52. The van der Waals surface area contributed by atoms with Crippen LogP contribution in [0.25, 0.3) is 11.3 Å². The fraction of sp³-hybridized carbons (Fsp3) is 0.188. The zero-order valence-electron chi connectivity index (χ0n) is 12.5. The molecule has 0 unspecified atom stereocenters. The highest BCUT2D eigenvalue weighted by molar-refractivity contribution is 7.10. The molecule has 0 fully saturated rings. The highest BCUT2D eigenvalue weighted by Crippen LogP contribution is 2.25. The van der Waals surface area contributed by atoms with Crippen LogP contribution in [0.4, 0.5) is 5.82 Å². The fourth-order valence-electron chi connectivity index (χ4n) is 2.24. The molecule has 0 radical (unpaired) electrons. The van der Waals surface area contributed by atoms with Crippen molar-refractivity contribution in [3.05, 3.63) is 51.4 Å². The number of H-pyrrole nitrogens is 1. The Morgan fingerprint density at radius 2 is 2.17 bits per heavy atom. The summed E-state index contributed by atoms with van der Waals surface area (Å²) >= 11 is 7.44. The normalized spacial score (nSPS) is 10.7. The van der Waals surface area contributed by atoms with Crippen molar-refractivity contribution in [3.63, 3.8) is 0 Å². The summed E-state index contributed by atoms with van der Waals surface area (Å²) < 4.78 is 0. The standard InChI is InChI=1S/C16H15ClN4OS/c1-10-15(11-4-6-18-7-5-11)20-21-16(10)19-14(22)3-2-13-8-12(17)9-23-13/h4-9H,2-3H2,1H3,(H2,19,20,21,22). The van der Waals surface area contributed by atoms with E-state index in [1.54, 1.807) is 23.7 Å². The molecule has 118 valence electrons. The molecule has 0 saturated carbocycles. The molecule has 5 nitrogen and oxygen atoms in total. The van der Waals surface area contributed by atoms with Crippen LogP contribution < -0.4 is 5.32 Å². The van der Waals surface area contributed by atoms with Crippen molar-refractivity contribution in [2.24, 2.45) is 0 Å². The van der Waals surface area contributed by atoms with Gasteiger partial charge in [-0.2, -0.15) is 5.10 Å². The Morgan fingerprint density at radius 3 is 2.87 bits per heavy atom. The third-order valence-corrected chi connectivity index (χ3v) is 4.80. The van der Waals surface area contributed by atoms with Gasteiger partial charge in [-0.05, 0) is 31.5 Å². The molecule has 3 aromatic heterocycles. The molecule has 3 rings (SSSR count). The van der Waals surface area contributed by atoms with Crippen LogP contribution in [0.1, 0.15) is 16.9 Å². The summed E-state index contributed by atoms with van der Waals surface area (Å²) in [6, 6.07) is 5.68. The Kier molecular flexibility index (Phi) is 4.73. The maximum absolute atomic E-state index is 12.1. The molecule has 2 N–H and O–H groups in total. The van der Waals surface area contributed by atoms with Crippen LogP contribution in [0.5, 0.6) is 0 Å². The Hall–Kier alpha value is -2.18. The summed E-state index contributed by atoms with van der Waals surface area (Å²) in [5.74, 6) is 0.497. The topological polar surface area (TPSA) is 70.7 Å². The lowest BCUT2D eigenvalue weighted by atomic mass is 10.1. The number of carbonyl (C=O) groups is 1. The Bertz CT molecular complexity index is 813. The third-order valence-electron chi connectivity index (χ3n) is 3.46. The number of nitrogens with zero attached hydrogens (tertiary/aromatic N) is 2. The first kappa shape index (κ1) is 15.7. The molecule has 3 heterocycles. The molecule has 0 aliphatic carbocycles. The summed E-state index contributed by atoms with van der Waals surface area (Å²) in [7, 11) is 0. The first-order chi connectivity index (χ1) is 11.1. The van der Waals surface area contributed by atoms with E-state index >= 15 is 0 Å². The number of aromatic amines is 1. The maximum Gasteiger partial charge on any atom is 0.225 e. The summed E-state index contributed by atoms with van der Waals surface area (Å²) in [6.07, 6.45) is 4.51. The van der Waals surface area contributed by atoms with Crippen LogP contribution >= 0.6 is 22.9 Å². The highest BCUT2D eigenvalue weighted by atomic mass is 35.5. The van der Waals surface area contributed by atoms with Gasteiger partial charge in [0.15, 0.2) is 5.82 Å². The zero-order valence-corrected chi connectivity index (χ0v) is 14.0. The van der Waals surface area contributed by atoms with Crippen LogP contribution in [0.15, 0.2) is 36.0 Å². The third kappa shape index (κ3) is 3.78. The van der Waals surface area contributed by atoms with Gasteiger partial charge in [-0.1, -0.05) is 11.6 Å². The lowest BCUT2D eigenvalue weighted by molar-refractivity contribution is -0.116. The quantitative estimate of drug-likeness (QED) is 0.731. The Balaban J connectivity index is 1.64. The number of aromatic nitrogens is 3.